The quantitative estimate of drug-likeness (QED) is 0.464. The van der Waals surface area contributed by atoms with Crippen LogP contribution in [0.5, 0.6) is 0 Å². The Morgan fingerprint density at radius 2 is 1.67 bits per heavy atom. The molecule has 1 aliphatic rings. The van der Waals surface area contributed by atoms with E-state index in [1.54, 1.807) is 12.1 Å². The summed E-state index contributed by atoms with van der Waals surface area (Å²) in [6, 6.07) is 10.1. The lowest BCUT2D eigenvalue weighted by atomic mass is 9.62. The summed E-state index contributed by atoms with van der Waals surface area (Å²) in [7, 11) is 0. The molecule has 0 spiro atoms. The lowest BCUT2D eigenvalue weighted by Gasteiger charge is -2.42. The van der Waals surface area contributed by atoms with Gasteiger partial charge in [-0.3, -0.25) is 4.79 Å². The van der Waals surface area contributed by atoms with Crippen LogP contribution in [0.15, 0.2) is 39.3 Å². The summed E-state index contributed by atoms with van der Waals surface area (Å²) in [5, 5.41) is 6.71. The molecular weight excluding hydrogens is 412 g/mol. The summed E-state index contributed by atoms with van der Waals surface area (Å²) in [5.41, 5.74) is 5.57. The normalized spacial score (nSPS) is 17.0. The van der Waals surface area contributed by atoms with Crippen LogP contribution < -0.4 is 5.32 Å². The molecule has 33 heavy (non-hydrogen) atoms. The monoisotopic (exact) mass is 448 g/mol. The molecule has 1 amide bonds. The molecule has 3 aromatic rings. The van der Waals surface area contributed by atoms with Gasteiger partial charge in [0.1, 0.15) is 11.5 Å². The molecule has 1 aliphatic carbocycles. The van der Waals surface area contributed by atoms with E-state index in [4.69, 9.17) is 8.94 Å². The first-order valence-corrected chi connectivity index (χ1v) is 11.8. The summed E-state index contributed by atoms with van der Waals surface area (Å²) < 4.78 is 11.3. The van der Waals surface area contributed by atoms with Crippen LogP contribution in [-0.2, 0) is 22.7 Å². The number of hydrogen-bond acceptors (Lipinski definition) is 4. The summed E-state index contributed by atoms with van der Waals surface area (Å²) in [6.45, 7) is 17.6. The number of rotatable bonds is 4. The van der Waals surface area contributed by atoms with E-state index in [-0.39, 0.29) is 27.9 Å². The zero-order chi connectivity index (χ0) is 24.2. The minimum Gasteiger partial charge on any atom is -0.456 e. The fourth-order valence-electron chi connectivity index (χ4n) is 4.61. The molecule has 1 N–H and O–H groups in total. The zero-order valence-electron chi connectivity index (χ0n) is 21.2. The number of aromatic nitrogens is 1. The van der Waals surface area contributed by atoms with Crippen LogP contribution in [0.1, 0.15) is 106 Å². The summed E-state index contributed by atoms with van der Waals surface area (Å²) in [4.78, 5) is 12.7. The Morgan fingerprint density at radius 3 is 2.27 bits per heavy atom. The minimum absolute atomic E-state index is 0.158. The molecule has 0 unspecified atom stereocenters. The highest BCUT2D eigenvalue weighted by atomic mass is 16.5. The number of amides is 1. The maximum atomic E-state index is 12.7. The van der Waals surface area contributed by atoms with E-state index in [1.165, 1.54) is 35.1 Å². The highest BCUT2D eigenvalue weighted by Crippen LogP contribution is 2.46. The van der Waals surface area contributed by atoms with Crippen molar-refractivity contribution >= 4 is 11.7 Å². The summed E-state index contributed by atoms with van der Waals surface area (Å²) >= 11 is 0. The molecule has 0 saturated carbocycles. The Kier molecular flexibility index (Phi) is 5.58. The maximum Gasteiger partial charge on any atom is 0.292 e. The van der Waals surface area contributed by atoms with E-state index in [0.29, 0.717) is 18.0 Å². The van der Waals surface area contributed by atoms with E-state index in [1.807, 2.05) is 26.8 Å². The Bertz CT molecular complexity index is 1190. The average molecular weight is 449 g/mol. The largest absolute Gasteiger partial charge is 0.456 e. The number of anilines is 1. The molecule has 0 bridgehead atoms. The first-order valence-electron chi connectivity index (χ1n) is 11.8. The third-order valence-corrected chi connectivity index (χ3v) is 7.05. The number of carbonyl (C=O) groups is 1. The van der Waals surface area contributed by atoms with E-state index in [9.17, 15) is 4.79 Å². The van der Waals surface area contributed by atoms with Gasteiger partial charge in [-0.2, -0.15) is 0 Å². The number of nitrogens with zero attached hydrogens (tertiary/aromatic N) is 1. The van der Waals surface area contributed by atoms with Crippen molar-refractivity contribution in [3.05, 3.63) is 69.9 Å². The van der Waals surface area contributed by atoms with Gasteiger partial charge in [-0.1, -0.05) is 65.8 Å². The number of aryl methyl sites for hydroxylation is 1. The van der Waals surface area contributed by atoms with Crippen LogP contribution in [0.25, 0.3) is 0 Å². The predicted octanol–water partition coefficient (Wildman–Crippen LogP) is 7.07. The van der Waals surface area contributed by atoms with Crippen molar-refractivity contribution in [3.63, 3.8) is 0 Å². The van der Waals surface area contributed by atoms with E-state index >= 15 is 0 Å². The molecule has 2 aromatic heterocycles. The molecule has 5 heteroatoms. The lowest BCUT2D eigenvalue weighted by Crippen LogP contribution is -2.34. The minimum atomic E-state index is -0.333. The average Bonchev–Trinajstić information content (AvgIpc) is 3.36. The molecule has 5 nitrogen and oxygen atoms in total. The second kappa shape index (κ2) is 7.89. The van der Waals surface area contributed by atoms with Crippen LogP contribution >= 0.6 is 0 Å². The molecule has 0 atom stereocenters. The molecule has 0 radical (unpaired) electrons. The zero-order valence-corrected chi connectivity index (χ0v) is 21.2. The lowest BCUT2D eigenvalue weighted by molar-refractivity contribution is 0.0994. The highest BCUT2D eigenvalue weighted by molar-refractivity contribution is 6.01. The van der Waals surface area contributed by atoms with Crippen molar-refractivity contribution < 1.29 is 13.7 Å². The second-order valence-electron chi connectivity index (χ2n) is 11.8. The highest BCUT2D eigenvalue weighted by Gasteiger charge is 2.37. The van der Waals surface area contributed by atoms with Crippen LogP contribution in [0.2, 0.25) is 0 Å². The molecular formula is C28H36N2O3. The molecule has 4 rings (SSSR count). The van der Waals surface area contributed by atoms with Gasteiger partial charge in [0.2, 0.25) is 0 Å². The third-order valence-electron chi connectivity index (χ3n) is 7.05. The SMILES string of the molecule is Cc1cc2c(cc1Cc1ccc(C(=O)Nc3cc(C(C)(C)C)on3)o1)C(C)(C)CCC2(C)C. The Labute approximate surface area is 196 Å². The van der Waals surface area contributed by atoms with Gasteiger partial charge in [0.25, 0.3) is 5.91 Å². The van der Waals surface area contributed by atoms with Crippen LogP contribution in [0.3, 0.4) is 0 Å². The van der Waals surface area contributed by atoms with Gasteiger partial charge < -0.3 is 14.3 Å². The van der Waals surface area contributed by atoms with Crippen molar-refractivity contribution in [1.29, 1.82) is 0 Å². The smallest absolute Gasteiger partial charge is 0.292 e. The van der Waals surface area contributed by atoms with E-state index in [2.05, 4.69) is 57.2 Å². The third kappa shape index (κ3) is 4.64. The summed E-state index contributed by atoms with van der Waals surface area (Å²) in [5.74, 6) is 1.80. The molecule has 0 aliphatic heterocycles. The fourth-order valence-corrected chi connectivity index (χ4v) is 4.61. The van der Waals surface area contributed by atoms with Crippen molar-refractivity contribution in [1.82, 2.24) is 5.16 Å². The van der Waals surface area contributed by atoms with Gasteiger partial charge in [0, 0.05) is 17.9 Å². The number of carbonyl (C=O) groups excluding carboxylic acids is 1. The van der Waals surface area contributed by atoms with Crippen molar-refractivity contribution in [3.8, 4) is 0 Å². The Morgan fingerprint density at radius 1 is 1.03 bits per heavy atom. The van der Waals surface area contributed by atoms with Crippen molar-refractivity contribution in [2.75, 3.05) is 5.32 Å². The van der Waals surface area contributed by atoms with Crippen LogP contribution in [-0.4, -0.2) is 11.1 Å². The molecule has 2 heterocycles. The topological polar surface area (TPSA) is 68.3 Å². The number of hydrogen-bond donors (Lipinski definition) is 1. The van der Waals surface area contributed by atoms with E-state index < -0.39 is 0 Å². The van der Waals surface area contributed by atoms with Crippen molar-refractivity contribution in [2.45, 2.75) is 90.9 Å². The number of furan rings is 1. The maximum absolute atomic E-state index is 12.7. The Balaban J connectivity index is 1.53. The van der Waals surface area contributed by atoms with Gasteiger partial charge in [-0.05, 0) is 65.0 Å². The molecule has 1 aromatic carbocycles. The number of nitrogens with one attached hydrogen (secondary N) is 1. The van der Waals surface area contributed by atoms with Gasteiger partial charge in [-0.25, -0.2) is 0 Å². The number of fused-ring (bicyclic) bond motifs is 1. The van der Waals surface area contributed by atoms with Crippen LogP contribution in [0.4, 0.5) is 5.82 Å². The van der Waals surface area contributed by atoms with Gasteiger partial charge >= 0.3 is 0 Å². The van der Waals surface area contributed by atoms with Gasteiger partial charge in [-0.15, -0.1) is 0 Å². The predicted molar refractivity (Wildman–Crippen MR) is 131 cm³/mol. The summed E-state index contributed by atoms with van der Waals surface area (Å²) in [6.07, 6.45) is 3.03. The second-order valence-corrected chi connectivity index (χ2v) is 11.8. The first kappa shape index (κ1) is 23.3. The first-order chi connectivity index (χ1) is 15.3. The number of benzene rings is 1. The van der Waals surface area contributed by atoms with E-state index in [0.717, 1.165) is 5.76 Å². The molecule has 0 fully saturated rings. The van der Waals surface area contributed by atoms with Crippen LogP contribution in [0, 0.1) is 6.92 Å². The standard InChI is InChI=1S/C28H36N2O3/c1-17-13-20-21(28(7,8)12-11-27(20,5)6)15-18(17)14-19-9-10-22(32-19)25(31)29-24-16-23(33-30-24)26(2,3)4/h9-10,13,15-16H,11-12,14H2,1-8H3,(H,29,30,31). The molecule has 0 saturated heterocycles. The van der Waals surface area contributed by atoms with Crippen molar-refractivity contribution in [2.24, 2.45) is 0 Å². The van der Waals surface area contributed by atoms with Gasteiger partial charge in [0.15, 0.2) is 11.6 Å². The molecule has 176 valence electrons. The Hall–Kier alpha value is -2.82. The fraction of sp³-hybridized carbons (Fsp3) is 0.500. The van der Waals surface area contributed by atoms with Gasteiger partial charge in [0.05, 0.1) is 0 Å².